The van der Waals surface area contributed by atoms with E-state index in [1.807, 2.05) is 0 Å². The van der Waals surface area contributed by atoms with Crippen molar-refractivity contribution in [3.8, 4) is 0 Å². The minimum Gasteiger partial charge on any atom is -0.119 e. The fraction of sp³-hybridized carbons (Fsp3) is 0.714. The maximum Gasteiger partial charge on any atom is 0.0450 e. The maximum atomic E-state index is 6.47. The molecule has 0 saturated carbocycles. The SMILES string of the molecule is CC(C)C1=CC(C(C)(C)C(C)(C)Cl)C=C1. The molecule has 1 aliphatic carbocycles. The number of rotatable bonds is 3. The molecule has 1 rings (SSSR count). The van der Waals surface area contributed by atoms with Crippen molar-refractivity contribution in [2.75, 3.05) is 0 Å². The summed E-state index contributed by atoms with van der Waals surface area (Å²) in [6.45, 7) is 13.2. The Balaban J connectivity index is 2.91. The summed E-state index contributed by atoms with van der Waals surface area (Å²) in [7, 11) is 0. The lowest BCUT2D eigenvalue weighted by Crippen LogP contribution is -2.38. The fourth-order valence-electron chi connectivity index (χ4n) is 1.76. The Morgan fingerprint density at radius 2 is 1.73 bits per heavy atom. The van der Waals surface area contributed by atoms with Crippen LogP contribution in [0.5, 0.6) is 0 Å². The first-order valence-electron chi connectivity index (χ1n) is 5.75. The molecule has 1 atom stereocenters. The zero-order chi connectivity index (χ0) is 11.9. The standard InChI is InChI=1S/C14H23Cl/c1-10(2)11-7-8-12(9-11)13(3,4)14(5,6)15/h7-10,12H,1-6H3. The van der Waals surface area contributed by atoms with Crippen LogP contribution in [-0.2, 0) is 0 Å². The number of alkyl halides is 1. The van der Waals surface area contributed by atoms with Crippen LogP contribution in [0, 0.1) is 17.3 Å². The van der Waals surface area contributed by atoms with Gasteiger partial charge in [0.25, 0.3) is 0 Å². The van der Waals surface area contributed by atoms with Crippen LogP contribution in [0.2, 0.25) is 0 Å². The Bertz CT molecular complexity index is 287. The largest absolute Gasteiger partial charge is 0.119 e. The Hall–Kier alpha value is -0.230. The molecular weight excluding hydrogens is 204 g/mol. The first-order chi connectivity index (χ1) is 6.66. The van der Waals surface area contributed by atoms with E-state index in [4.69, 9.17) is 11.6 Å². The quantitative estimate of drug-likeness (QED) is 0.607. The van der Waals surface area contributed by atoms with Gasteiger partial charge in [0.2, 0.25) is 0 Å². The maximum absolute atomic E-state index is 6.47. The van der Waals surface area contributed by atoms with Crippen molar-refractivity contribution in [3.63, 3.8) is 0 Å². The molecule has 0 aliphatic heterocycles. The topological polar surface area (TPSA) is 0 Å². The zero-order valence-corrected chi connectivity index (χ0v) is 11.5. The molecular formula is C14H23Cl. The van der Waals surface area contributed by atoms with E-state index >= 15 is 0 Å². The second kappa shape index (κ2) is 3.97. The molecule has 0 aromatic heterocycles. The first kappa shape index (κ1) is 12.8. The molecule has 0 saturated heterocycles. The van der Waals surface area contributed by atoms with Crippen molar-refractivity contribution >= 4 is 11.6 Å². The van der Waals surface area contributed by atoms with Crippen LogP contribution in [-0.4, -0.2) is 4.87 Å². The number of hydrogen-bond donors (Lipinski definition) is 0. The molecule has 0 fully saturated rings. The Labute approximate surface area is 99.4 Å². The molecule has 0 amide bonds. The molecule has 0 nitrogen and oxygen atoms in total. The average Bonchev–Trinajstić information content (AvgIpc) is 2.49. The van der Waals surface area contributed by atoms with Crippen LogP contribution in [0.15, 0.2) is 23.8 Å². The van der Waals surface area contributed by atoms with E-state index in [9.17, 15) is 0 Å². The van der Waals surface area contributed by atoms with E-state index in [0.29, 0.717) is 11.8 Å². The lowest BCUT2D eigenvalue weighted by Gasteiger charge is -2.40. The molecule has 0 spiro atoms. The summed E-state index contributed by atoms with van der Waals surface area (Å²) in [5.41, 5.74) is 1.52. The van der Waals surface area contributed by atoms with E-state index in [1.165, 1.54) is 5.57 Å². The molecule has 0 heterocycles. The third kappa shape index (κ3) is 2.47. The van der Waals surface area contributed by atoms with Gasteiger partial charge < -0.3 is 0 Å². The highest BCUT2D eigenvalue weighted by atomic mass is 35.5. The van der Waals surface area contributed by atoms with Gasteiger partial charge in [0.1, 0.15) is 0 Å². The Morgan fingerprint density at radius 3 is 2.07 bits per heavy atom. The summed E-state index contributed by atoms with van der Waals surface area (Å²) in [6.07, 6.45) is 6.91. The van der Waals surface area contributed by atoms with Gasteiger partial charge >= 0.3 is 0 Å². The monoisotopic (exact) mass is 226 g/mol. The lowest BCUT2D eigenvalue weighted by molar-refractivity contribution is 0.228. The number of halogens is 1. The van der Waals surface area contributed by atoms with Gasteiger partial charge in [-0.1, -0.05) is 45.9 Å². The third-order valence-corrected chi connectivity index (χ3v) is 4.39. The van der Waals surface area contributed by atoms with Crippen molar-refractivity contribution in [2.24, 2.45) is 17.3 Å². The minimum absolute atomic E-state index is 0.0850. The van der Waals surface area contributed by atoms with Crippen molar-refractivity contribution in [1.29, 1.82) is 0 Å². The van der Waals surface area contributed by atoms with Crippen LogP contribution < -0.4 is 0 Å². The molecule has 1 heteroatoms. The molecule has 15 heavy (non-hydrogen) atoms. The minimum atomic E-state index is -0.190. The van der Waals surface area contributed by atoms with Crippen LogP contribution in [0.25, 0.3) is 0 Å². The van der Waals surface area contributed by atoms with E-state index in [-0.39, 0.29) is 10.3 Å². The summed E-state index contributed by atoms with van der Waals surface area (Å²) in [6, 6.07) is 0. The number of allylic oxidation sites excluding steroid dienone is 4. The van der Waals surface area contributed by atoms with Crippen LogP contribution in [0.3, 0.4) is 0 Å². The highest BCUT2D eigenvalue weighted by Gasteiger charge is 2.40. The number of hydrogen-bond acceptors (Lipinski definition) is 0. The molecule has 86 valence electrons. The van der Waals surface area contributed by atoms with Gasteiger partial charge in [-0.05, 0) is 30.8 Å². The lowest BCUT2D eigenvalue weighted by atomic mass is 9.70. The van der Waals surface area contributed by atoms with Gasteiger partial charge in [-0.2, -0.15) is 0 Å². The summed E-state index contributed by atoms with van der Waals surface area (Å²) in [4.78, 5) is -0.190. The van der Waals surface area contributed by atoms with Crippen molar-refractivity contribution in [3.05, 3.63) is 23.8 Å². The summed E-state index contributed by atoms with van der Waals surface area (Å²) in [5, 5.41) is 0. The van der Waals surface area contributed by atoms with Gasteiger partial charge in [-0.3, -0.25) is 0 Å². The van der Waals surface area contributed by atoms with Gasteiger partial charge in [-0.25, -0.2) is 0 Å². The average molecular weight is 227 g/mol. The molecule has 1 aliphatic rings. The normalized spacial score (nSPS) is 22.4. The van der Waals surface area contributed by atoms with Gasteiger partial charge in [0, 0.05) is 10.8 Å². The summed E-state index contributed by atoms with van der Waals surface area (Å²) >= 11 is 6.47. The molecule has 0 aromatic rings. The highest BCUT2D eigenvalue weighted by Crippen LogP contribution is 2.46. The molecule has 0 radical (unpaired) electrons. The van der Waals surface area contributed by atoms with Gasteiger partial charge in [0.15, 0.2) is 0 Å². The highest BCUT2D eigenvalue weighted by molar-refractivity contribution is 6.24. The molecule has 0 aromatic carbocycles. The van der Waals surface area contributed by atoms with Gasteiger partial charge in [-0.15, -0.1) is 11.6 Å². The van der Waals surface area contributed by atoms with Crippen molar-refractivity contribution in [1.82, 2.24) is 0 Å². The fourth-order valence-corrected chi connectivity index (χ4v) is 1.89. The Morgan fingerprint density at radius 1 is 1.20 bits per heavy atom. The van der Waals surface area contributed by atoms with Crippen LogP contribution in [0.4, 0.5) is 0 Å². The predicted octanol–water partition coefficient (Wildman–Crippen LogP) is 4.80. The smallest absolute Gasteiger partial charge is 0.0450 e. The van der Waals surface area contributed by atoms with E-state index in [2.05, 4.69) is 59.8 Å². The van der Waals surface area contributed by atoms with Gasteiger partial charge in [0.05, 0.1) is 0 Å². The van der Waals surface area contributed by atoms with E-state index in [0.717, 1.165) is 0 Å². The van der Waals surface area contributed by atoms with Crippen molar-refractivity contribution in [2.45, 2.75) is 46.4 Å². The van der Waals surface area contributed by atoms with Crippen LogP contribution >= 0.6 is 11.6 Å². The second-order valence-corrected chi connectivity index (χ2v) is 6.85. The van der Waals surface area contributed by atoms with Crippen LogP contribution in [0.1, 0.15) is 41.5 Å². The molecule has 1 unspecified atom stereocenters. The van der Waals surface area contributed by atoms with E-state index in [1.54, 1.807) is 0 Å². The molecule has 0 bridgehead atoms. The summed E-state index contributed by atoms with van der Waals surface area (Å²) in [5.74, 6) is 1.07. The Kier molecular flexibility index (Phi) is 3.40. The molecule has 0 N–H and O–H groups in total. The van der Waals surface area contributed by atoms with Crippen molar-refractivity contribution < 1.29 is 0 Å². The van der Waals surface area contributed by atoms with E-state index < -0.39 is 0 Å². The zero-order valence-electron chi connectivity index (χ0n) is 10.8. The first-order valence-corrected chi connectivity index (χ1v) is 6.13. The third-order valence-electron chi connectivity index (χ3n) is 3.90. The second-order valence-electron chi connectivity index (χ2n) is 5.90. The summed E-state index contributed by atoms with van der Waals surface area (Å²) < 4.78 is 0. The predicted molar refractivity (Wildman–Crippen MR) is 69.3 cm³/mol.